The van der Waals surface area contributed by atoms with Crippen molar-refractivity contribution in [1.29, 1.82) is 0 Å². The van der Waals surface area contributed by atoms with E-state index >= 15 is 0 Å². The number of aromatic nitrogens is 2. The van der Waals surface area contributed by atoms with E-state index < -0.39 is 11.7 Å². The van der Waals surface area contributed by atoms with Crippen molar-refractivity contribution in [3.63, 3.8) is 0 Å². The number of hydrogen-bond acceptors (Lipinski definition) is 4. The van der Waals surface area contributed by atoms with Gasteiger partial charge in [-0.15, -0.1) is 0 Å². The summed E-state index contributed by atoms with van der Waals surface area (Å²) < 4.78 is 21.7. The average molecular weight is 398 g/mol. The number of hydrogen-bond donors (Lipinski definition) is 1. The summed E-state index contributed by atoms with van der Waals surface area (Å²) in [6.45, 7) is 3.76. The maximum atomic E-state index is 13.1. The fourth-order valence-electron chi connectivity index (χ4n) is 4.48. The van der Waals surface area contributed by atoms with Gasteiger partial charge < -0.3 is 14.6 Å². The summed E-state index contributed by atoms with van der Waals surface area (Å²) in [6.07, 6.45) is 7.28. The van der Waals surface area contributed by atoms with Crippen molar-refractivity contribution in [2.75, 3.05) is 19.6 Å². The highest BCUT2D eigenvalue weighted by atomic mass is 19.1. The van der Waals surface area contributed by atoms with Crippen LogP contribution < -0.4 is 5.32 Å². The lowest BCUT2D eigenvalue weighted by Gasteiger charge is -2.45. The molecule has 1 aromatic heterocycles. The van der Waals surface area contributed by atoms with E-state index in [1.54, 1.807) is 6.20 Å². The number of rotatable bonds is 5. The first kappa shape index (κ1) is 18.8. The molecule has 0 radical (unpaired) electrons. The molecule has 29 heavy (non-hydrogen) atoms. The fraction of sp³-hybridized carbons (Fsp3) is 0.545. The van der Waals surface area contributed by atoms with E-state index in [1.165, 1.54) is 25.0 Å². The molecule has 7 heteroatoms. The second-order valence-electron chi connectivity index (χ2n) is 8.60. The summed E-state index contributed by atoms with van der Waals surface area (Å²) in [5.74, 6) is 1.37. The molecule has 154 valence electrons. The first-order valence-corrected chi connectivity index (χ1v) is 10.6. The SMILES string of the molecule is O=C(NCC1CC1)[C@H]1Cn2ccnc2C2(CCN(Cc3ccc(F)cc3)CC2)O1. The summed E-state index contributed by atoms with van der Waals surface area (Å²) in [4.78, 5) is 19.6. The molecule has 0 bridgehead atoms. The molecule has 2 aliphatic heterocycles. The highest BCUT2D eigenvalue weighted by Crippen LogP contribution is 2.40. The Morgan fingerprint density at radius 2 is 2.00 bits per heavy atom. The number of imidazole rings is 1. The van der Waals surface area contributed by atoms with Crippen LogP contribution in [0.1, 0.15) is 37.1 Å². The average Bonchev–Trinajstić information content (AvgIpc) is 3.44. The topological polar surface area (TPSA) is 59.4 Å². The molecule has 1 aliphatic carbocycles. The third-order valence-corrected chi connectivity index (χ3v) is 6.39. The Kier molecular flexibility index (Phi) is 4.87. The molecule has 1 saturated carbocycles. The molecule has 0 unspecified atom stereocenters. The van der Waals surface area contributed by atoms with E-state index in [0.29, 0.717) is 12.5 Å². The molecule has 5 rings (SSSR count). The van der Waals surface area contributed by atoms with E-state index in [1.807, 2.05) is 18.3 Å². The van der Waals surface area contributed by atoms with Crippen molar-refractivity contribution < 1.29 is 13.9 Å². The van der Waals surface area contributed by atoms with Gasteiger partial charge in [-0.2, -0.15) is 0 Å². The molecule has 1 spiro atoms. The Hall–Kier alpha value is -2.25. The third kappa shape index (κ3) is 3.94. The molecule has 1 aromatic carbocycles. The number of amides is 1. The molecule has 1 amide bonds. The molecular formula is C22H27FN4O2. The van der Waals surface area contributed by atoms with Crippen molar-refractivity contribution >= 4 is 5.91 Å². The Balaban J connectivity index is 1.26. The van der Waals surface area contributed by atoms with Gasteiger partial charge in [-0.1, -0.05) is 12.1 Å². The smallest absolute Gasteiger partial charge is 0.251 e. The molecule has 3 heterocycles. The zero-order valence-electron chi connectivity index (χ0n) is 16.5. The highest BCUT2D eigenvalue weighted by molar-refractivity contribution is 5.81. The molecule has 3 aliphatic rings. The van der Waals surface area contributed by atoms with Gasteiger partial charge in [0.25, 0.3) is 5.91 Å². The van der Waals surface area contributed by atoms with E-state index in [4.69, 9.17) is 4.74 Å². The lowest BCUT2D eigenvalue weighted by atomic mass is 9.88. The number of carbonyl (C=O) groups excluding carboxylic acids is 1. The lowest BCUT2D eigenvalue weighted by molar-refractivity contribution is -0.173. The number of benzene rings is 1. The van der Waals surface area contributed by atoms with E-state index in [9.17, 15) is 9.18 Å². The molecule has 6 nitrogen and oxygen atoms in total. The van der Waals surface area contributed by atoms with E-state index in [-0.39, 0.29) is 11.7 Å². The summed E-state index contributed by atoms with van der Waals surface area (Å²) >= 11 is 0. The van der Waals surface area contributed by atoms with Crippen LogP contribution in [0.25, 0.3) is 0 Å². The van der Waals surface area contributed by atoms with Gasteiger partial charge in [0.05, 0.1) is 6.54 Å². The highest BCUT2D eigenvalue weighted by Gasteiger charge is 2.47. The number of nitrogens with zero attached hydrogens (tertiary/aromatic N) is 3. The van der Waals surface area contributed by atoms with Crippen LogP contribution in [-0.2, 0) is 28.2 Å². The molecule has 1 N–H and O–H groups in total. The molecule has 1 atom stereocenters. The van der Waals surface area contributed by atoms with E-state index in [2.05, 4.69) is 19.8 Å². The maximum absolute atomic E-state index is 13.1. The van der Waals surface area contributed by atoms with Crippen LogP contribution in [0.3, 0.4) is 0 Å². The Morgan fingerprint density at radius 3 is 2.72 bits per heavy atom. The first-order valence-electron chi connectivity index (χ1n) is 10.6. The predicted octanol–water partition coefficient (Wildman–Crippen LogP) is 2.44. The Labute approximate surface area is 170 Å². The van der Waals surface area contributed by atoms with Gasteiger partial charge in [-0.05, 0) is 49.3 Å². The van der Waals surface area contributed by atoms with Crippen molar-refractivity contribution in [3.05, 3.63) is 53.9 Å². The van der Waals surface area contributed by atoms with Crippen LogP contribution in [-0.4, -0.2) is 46.1 Å². The normalized spacial score (nSPS) is 23.7. The number of ether oxygens (including phenoxy) is 1. The molecular weight excluding hydrogens is 371 g/mol. The standard InChI is InChI=1S/C22H27FN4O2/c23-18-5-3-17(4-6-18)14-26-10-7-22(8-11-26)21-24-9-12-27(21)15-19(29-22)20(28)25-13-16-1-2-16/h3-6,9,12,16,19H,1-2,7-8,10-11,13-15H2,(H,25,28)/t19-/m1/s1. The second-order valence-corrected chi connectivity index (χ2v) is 8.60. The first-order chi connectivity index (χ1) is 14.1. The van der Waals surface area contributed by atoms with Gasteiger partial charge in [0.2, 0.25) is 0 Å². The van der Waals surface area contributed by atoms with Gasteiger partial charge >= 0.3 is 0 Å². The molecule has 2 aromatic rings. The number of likely N-dealkylation sites (tertiary alicyclic amines) is 1. The number of carbonyl (C=O) groups is 1. The monoisotopic (exact) mass is 398 g/mol. The second kappa shape index (κ2) is 7.54. The fourth-order valence-corrected chi connectivity index (χ4v) is 4.48. The quantitative estimate of drug-likeness (QED) is 0.841. The van der Waals surface area contributed by atoms with Crippen LogP contribution in [0.15, 0.2) is 36.7 Å². The zero-order valence-corrected chi connectivity index (χ0v) is 16.5. The van der Waals surface area contributed by atoms with Crippen molar-refractivity contribution in [2.45, 2.75) is 50.5 Å². The van der Waals surface area contributed by atoms with Gasteiger partial charge in [0, 0.05) is 38.6 Å². The zero-order chi connectivity index (χ0) is 19.8. The van der Waals surface area contributed by atoms with Crippen LogP contribution in [0.4, 0.5) is 4.39 Å². The van der Waals surface area contributed by atoms with Crippen molar-refractivity contribution in [2.24, 2.45) is 5.92 Å². The number of nitrogens with one attached hydrogen (secondary N) is 1. The number of halogens is 1. The lowest BCUT2D eigenvalue weighted by Crippen LogP contribution is -2.54. The maximum Gasteiger partial charge on any atom is 0.251 e. The Bertz CT molecular complexity index is 869. The van der Waals surface area contributed by atoms with Crippen molar-refractivity contribution in [3.8, 4) is 0 Å². The Morgan fingerprint density at radius 1 is 1.24 bits per heavy atom. The predicted molar refractivity (Wildman–Crippen MR) is 105 cm³/mol. The largest absolute Gasteiger partial charge is 0.354 e. The van der Waals surface area contributed by atoms with Gasteiger partial charge in [0.15, 0.2) is 6.10 Å². The minimum absolute atomic E-state index is 0.00985. The summed E-state index contributed by atoms with van der Waals surface area (Å²) in [7, 11) is 0. The molecule has 2 fully saturated rings. The minimum atomic E-state index is -0.511. The van der Waals surface area contributed by atoms with Gasteiger partial charge in [-0.25, -0.2) is 9.37 Å². The van der Waals surface area contributed by atoms with Gasteiger partial charge in [-0.3, -0.25) is 9.69 Å². The summed E-state index contributed by atoms with van der Waals surface area (Å²) in [5.41, 5.74) is 0.591. The number of piperidine rings is 1. The summed E-state index contributed by atoms with van der Waals surface area (Å²) in [5, 5.41) is 3.07. The van der Waals surface area contributed by atoms with Crippen molar-refractivity contribution in [1.82, 2.24) is 19.8 Å². The minimum Gasteiger partial charge on any atom is -0.354 e. The van der Waals surface area contributed by atoms with Crippen LogP contribution in [0, 0.1) is 11.7 Å². The molecule has 1 saturated heterocycles. The van der Waals surface area contributed by atoms with Gasteiger partial charge in [0.1, 0.15) is 17.2 Å². The van der Waals surface area contributed by atoms with Crippen LogP contribution >= 0.6 is 0 Å². The number of fused-ring (bicyclic) bond motifs is 2. The van der Waals surface area contributed by atoms with E-state index in [0.717, 1.165) is 50.4 Å². The van der Waals surface area contributed by atoms with Crippen LogP contribution in [0.2, 0.25) is 0 Å². The van der Waals surface area contributed by atoms with Crippen LogP contribution in [0.5, 0.6) is 0 Å². The third-order valence-electron chi connectivity index (χ3n) is 6.39. The summed E-state index contributed by atoms with van der Waals surface area (Å²) in [6, 6.07) is 6.69.